The number of ether oxygens (including phenoxy) is 4. The molecule has 3 aromatic carbocycles. The van der Waals surface area contributed by atoms with Gasteiger partial charge in [0.1, 0.15) is 29.3 Å². The third-order valence-electron chi connectivity index (χ3n) is 6.36. The molecule has 0 amide bonds. The van der Waals surface area contributed by atoms with Crippen molar-refractivity contribution in [1.29, 1.82) is 0 Å². The molecule has 36 heavy (non-hydrogen) atoms. The van der Waals surface area contributed by atoms with Crippen molar-refractivity contribution in [2.75, 3.05) is 27.5 Å². The minimum Gasteiger partial charge on any atom is -0.497 e. The molecule has 6 nitrogen and oxygen atoms in total. The van der Waals surface area contributed by atoms with E-state index in [0.717, 1.165) is 28.2 Å². The molecule has 4 rings (SSSR count). The Hall–Kier alpha value is -2.63. The average Bonchev–Trinajstić information content (AvgIpc) is 3.31. The second-order valence-electron chi connectivity index (χ2n) is 8.54. The van der Waals surface area contributed by atoms with Crippen LogP contribution in [0.4, 0.5) is 0 Å². The van der Waals surface area contributed by atoms with E-state index in [9.17, 15) is 4.57 Å². The van der Waals surface area contributed by atoms with E-state index in [1.807, 2.05) is 78.9 Å². The summed E-state index contributed by atoms with van der Waals surface area (Å²) in [5.74, 6) is 1.49. The number of benzene rings is 3. The predicted molar refractivity (Wildman–Crippen MR) is 141 cm³/mol. The molecule has 4 atom stereocenters. The van der Waals surface area contributed by atoms with Gasteiger partial charge in [0.2, 0.25) is 0 Å². The van der Waals surface area contributed by atoms with Crippen LogP contribution >= 0.6 is 8.03 Å². The summed E-state index contributed by atoms with van der Waals surface area (Å²) in [7, 11) is 8.72. The van der Waals surface area contributed by atoms with Gasteiger partial charge < -0.3 is 18.9 Å². The minimum absolute atomic E-state index is 0.186. The van der Waals surface area contributed by atoms with Crippen molar-refractivity contribution in [3.8, 4) is 11.5 Å². The second kappa shape index (κ2) is 12.1. The molecule has 2 unspecified atom stereocenters. The molecule has 1 aliphatic heterocycles. The van der Waals surface area contributed by atoms with Crippen LogP contribution < -0.4 is 9.47 Å². The molecule has 183 valence electrons. The van der Waals surface area contributed by atoms with Gasteiger partial charge in [0.25, 0.3) is 0 Å². The number of methoxy groups -OCH3 is 2. The van der Waals surface area contributed by atoms with Crippen molar-refractivity contribution in [3.05, 3.63) is 95.6 Å². The Morgan fingerprint density at radius 2 is 1.44 bits per heavy atom. The van der Waals surface area contributed by atoms with Crippen LogP contribution in [0.2, 0.25) is 0 Å². The van der Waals surface area contributed by atoms with Crippen molar-refractivity contribution in [2.24, 2.45) is 0 Å². The van der Waals surface area contributed by atoms with Crippen molar-refractivity contribution < 1.29 is 28.0 Å². The summed E-state index contributed by atoms with van der Waals surface area (Å²) in [6.45, 7) is 1.72. The molecule has 0 saturated carbocycles. The monoisotopic (exact) mass is 502 g/mol. The number of hydrogen-bond acceptors (Lipinski definition) is 6. The Morgan fingerprint density at radius 1 is 0.917 bits per heavy atom. The predicted octanol–water partition coefficient (Wildman–Crippen LogP) is 4.67. The summed E-state index contributed by atoms with van der Waals surface area (Å²) in [6, 6.07) is 25.4. The fourth-order valence-corrected chi connectivity index (χ4v) is 5.21. The van der Waals surface area contributed by atoms with Crippen molar-refractivity contribution >= 4 is 22.9 Å². The summed E-state index contributed by atoms with van der Waals surface area (Å²) >= 11 is 0. The molecule has 1 aliphatic rings. The molecule has 1 heterocycles. The molecule has 1 fully saturated rings. The molecule has 0 N–H and O–H groups in total. The fraction of sp³-hybridized carbons (Fsp3) is 0.333. The third kappa shape index (κ3) is 5.68. The first-order valence-corrected chi connectivity index (χ1v) is 13.4. The molecule has 1 saturated heterocycles. The number of hydrogen-bond donors (Lipinski definition) is 0. The maximum atomic E-state index is 11.9. The summed E-state index contributed by atoms with van der Waals surface area (Å²) in [6.07, 6.45) is -0.333. The molecule has 3 aromatic rings. The van der Waals surface area contributed by atoms with Gasteiger partial charge in [-0.25, -0.2) is 0 Å². The maximum Gasteiger partial charge on any atom is 0.505 e. The van der Waals surface area contributed by atoms with Gasteiger partial charge in [-0.3, -0.25) is 0 Å². The SMILES string of the molecule is [B][B][C@H]1CC(O[P+](C)=O)[C@@H](COC(c2ccccc2)(c2ccc(OC)cc2)c2ccc(OC)cc2)O1. The van der Waals surface area contributed by atoms with E-state index in [0.29, 0.717) is 6.42 Å². The lowest BCUT2D eigenvalue weighted by Gasteiger charge is -2.37. The third-order valence-corrected chi connectivity index (χ3v) is 6.93. The van der Waals surface area contributed by atoms with Crippen LogP contribution in [0.15, 0.2) is 78.9 Å². The largest absolute Gasteiger partial charge is 0.505 e. The Labute approximate surface area is 215 Å². The molecule has 0 spiro atoms. The molecule has 0 aliphatic carbocycles. The minimum atomic E-state index is -1.81. The molecule has 9 heteroatoms. The summed E-state index contributed by atoms with van der Waals surface area (Å²) < 4.78 is 41.4. The van der Waals surface area contributed by atoms with Crippen LogP contribution in [0.1, 0.15) is 23.1 Å². The van der Waals surface area contributed by atoms with Crippen LogP contribution in [0.5, 0.6) is 11.5 Å². The van der Waals surface area contributed by atoms with Gasteiger partial charge in [-0.1, -0.05) is 54.6 Å². The van der Waals surface area contributed by atoms with Crippen LogP contribution in [0.25, 0.3) is 0 Å². The first-order valence-electron chi connectivity index (χ1n) is 11.8. The van der Waals surface area contributed by atoms with E-state index in [-0.39, 0.29) is 12.6 Å². The van der Waals surface area contributed by atoms with Crippen molar-refractivity contribution in [2.45, 2.75) is 30.2 Å². The van der Waals surface area contributed by atoms with Crippen LogP contribution in [0.3, 0.4) is 0 Å². The fourth-order valence-electron chi connectivity index (χ4n) is 4.60. The Balaban J connectivity index is 1.80. The van der Waals surface area contributed by atoms with E-state index >= 15 is 0 Å². The quantitative estimate of drug-likeness (QED) is 0.216. The lowest BCUT2D eigenvalue weighted by molar-refractivity contribution is -0.0691. The van der Waals surface area contributed by atoms with E-state index in [1.54, 1.807) is 14.2 Å². The van der Waals surface area contributed by atoms with Gasteiger partial charge in [0.05, 0.1) is 28.0 Å². The van der Waals surface area contributed by atoms with E-state index in [2.05, 4.69) is 0 Å². The second-order valence-corrected chi connectivity index (χ2v) is 9.63. The van der Waals surface area contributed by atoms with Gasteiger partial charge in [0, 0.05) is 13.7 Å². The zero-order valence-corrected chi connectivity index (χ0v) is 21.6. The van der Waals surface area contributed by atoms with Gasteiger partial charge in [-0.05, 0) is 51.9 Å². The topological polar surface area (TPSA) is 63.2 Å². The first kappa shape index (κ1) is 26.4. The normalized spacial score (nSPS) is 20.1. The Bertz CT molecular complexity index is 1080. The molecule has 0 bridgehead atoms. The van der Waals surface area contributed by atoms with Crippen LogP contribution in [0, 0.1) is 0 Å². The van der Waals surface area contributed by atoms with Gasteiger partial charge in [-0.2, -0.15) is 0 Å². The highest BCUT2D eigenvalue weighted by Gasteiger charge is 2.43. The summed E-state index contributed by atoms with van der Waals surface area (Å²) in [5.41, 5.74) is 1.80. The molecule has 3 radical (unpaired) electrons. The standard InChI is InChI=1S/C27H29B2O6P/c1-31-22-13-9-20(10-14-22)27(19-7-5-4-6-8-19,21-11-15-23(32-2)16-12-21)33-18-25-24(35-36(3)30)17-26(29-28)34-25/h4-16,24-26H,17-18H2,1-3H3/q+1/t24?,25-,26-/m1/s1. The van der Waals surface area contributed by atoms with Gasteiger partial charge >= 0.3 is 8.03 Å². The average molecular weight is 502 g/mol. The highest BCUT2D eigenvalue weighted by Crippen LogP contribution is 2.42. The van der Waals surface area contributed by atoms with E-state index < -0.39 is 25.8 Å². The summed E-state index contributed by atoms with van der Waals surface area (Å²) in [4.78, 5) is 0. The highest BCUT2D eigenvalue weighted by atomic mass is 31.1. The summed E-state index contributed by atoms with van der Waals surface area (Å²) in [5, 5.41) is 0. The van der Waals surface area contributed by atoms with E-state index in [4.69, 9.17) is 31.2 Å². The van der Waals surface area contributed by atoms with Gasteiger partial charge in [-0.15, -0.1) is 4.52 Å². The molecular weight excluding hydrogens is 473 g/mol. The highest BCUT2D eigenvalue weighted by molar-refractivity contribution is 7.38. The lowest BCUT2D eigenvalue weighted by atomic mass is 9.51. The molecular formula is C27H29B2O6P+. The number of rotatable bonds is 11. The Morgan fingerprint density at radius 3 is 1.92 bits per heavy atom. The maximum absolute atomic E-state index is 11.9. The smallest absolute Gasteiger partial charge is 0.497 e. The Kier molecular flexibility index (Phi) is 8.86. The first-order chi connectivity index (χ1) is 17.5. The molecule has 0 aromatic heterocycles. The zero-order chi connectivity index (χ0) is 25.5. The van der Waals surface area contributed by atoms with Crippen molar-refractivity contribution in [1.82, 2.24) is 0 Å². The lowest BCUT2D eigenvalue weighted by Crippen LogP contribution is -2.38. The van der Waals surface area contributed by atoms with Crippen molar-refractivity contribution in [3.63, 3.8) is 0 Å². The van der Waals surface area contributed by atoms with E-state index in [1.165, 1.54) is 13.8 Å². The van der Waals surface area contributed by atoms with Crippen LogP contribution in [-0.4, -0.2) is 60.6 Å². The van der Waals surface area contributed by atoms with Crippen LogP contribution in [-0.2, 0) is 24.2 Å². The zero-order valence-electron chi connectivity index (χ0n) is 20.7. The van der Waals surface area contributed by atoms with Gasteiger partial charge in [0.15, 0.2) is 6.66 Å².